The summed E-state index contributed by atoms with van der Waals surface area (Å²) in [7, 11) is 1.78. The van der Waals surface area contributed by atoms with E-state index in [0.717, 1.165) is 6.42 Å². The van der Waals surface area contributed by atoms with Crippen LogP contribution in [0.1, 0.15) is 47.5 Å². The number of nitrogens with zero attached hydrogens (tertiary/aromatic N) is 1. The zero-order valence-corrected chi connectivity index (χ0v) is 13.4. The molecule has 0 spiro atoms. The Labute approximate surface area is 121 Å². The molecule has 0 aromatic heterocycles. The summed E-state index contributed by atoms with van der Waals surface area (Å²) in [5.74, 6) is -0.943. The Kier molecular flexibility index (Phi) is 5.05. The van der Waals surface area contributed by atoms with E-state index in [1.54, 1.807) is 11.9 Å². The van der Waals surface area contributed by atoms with Crippen LogP contribution in [0, 0.1) is 17.3 Å². The molecule has 0 heterocycles. The number of carboxylic acid groups (broad SMARTS) is 1. The van der Waals surface area contributed by atoms with E-state index in [0.29, 0.717) is 6.42 Å². The summed E-state index contributed by atoms with van der Waals surface area (Å²) in [6.45, 7) is 9.94. The minimum atomic E-state index is -0.731. The van der Waals surface area contributed by atoms with Crippen molar-refractivity contribution in [2.24, 2.45) is 17.3 Å². The average Bonchev–Trinajstić information content (AvgIpc) is 2.33. The summed E-state index contributed by atoms with van der Waals surface area (Å²) in [5, 5.41) is 12.4. The molecule has 2 amide bonds. The van der Waals surface area contributed by atoms with Crippen LogP contribution in [0.15, 0.2) is 0 Å². The average molecular weight is 284 g/mol. The zero-order chi connectivity index (χ0) is 15.7. The summed E-state index contributed by atoms with van der Waals surface area (Å²) in [6.07, 6.45) is 1.34. The second kappa shape index (κ2) is 6.02. The first-order valence-corrected chi connectivity index (χ1v) is 7.35. The van der Waals surface area contributed by atoms with Crippen LogP contribution in [-0.2, 0) is 4.79 Å². The van der Waals surface area contributed by atoms with Gasteiger partial charge in [0, 0.05) is 19.1 Å². The molecule has 5 nitrogen and oxygen atoms in total. The van der Waals surface area contributed by atoms with Gasteiger partial charge in [0.2, 0.25) is 0 Å². The topological polar surface area (TPSA) is 69.6 Å². The van der Waals surface area contributed by atoms with Crippen molar-refractivity contribution in [1.82, 2.24) is 10.2 Å². The highest BCUT2D eigenvalue weighted by Gasteiger charge is 2.46. The Balaban J connectivity index is 2.76. The maximum atomic E-state index is 12.1. The Morgan fingerprint density at radius 3 is 2.30 bits per heavy atom. The Bertz CT molecular complexity index is 379. The molecule has 1 rings (SSSR count). The van der Waals surface area contributed by atoms with E-state index >= 15 is 0 Å². The van der Waals surface area contributed by atoms with Crippen LogP contribution in [0.2, 0.25) is 0 Å². The molecule has 1 fully saturated rings. The lowest BCUT2D eigenvalue weighted by Crippen LogP contribution is -2.55. The minimum Gasteiger partial charge on any atom is -0.481 e. The number of carbonyl (C=O) groups excluding carboxylic acids is 1. The van der Waals surface area contributed by atoms with Gasteiger partial charge in [-0.15, -0.1) is 0 Å². The first kappa shape index (κ1) is 16.8. The predicted molar refractivity (Wildman–Crippen MR) is 78.5 cm³/mol. The molecule has 1 aliphatic rings. The molecule has 0 aromatic rings. The highest BCUT2D eigenvalue weighted by atomic mass is 16.4. The van der Waals surface area contributed by atoms with Crippen LogP contribution in [0.4, 0.5) is 4.79 Å². The van der Waals surface area contributed by atoms with Crippen molar-refractivity contribution in [1.29, 1.82) is 0 Å². The summed E-state index contributed by atoms with van der Waals surface area (Å²) < 4.78 is 0. The van der Waals surface area contributed by atoms with Crippen molar-refractivity contribution >= 4 is 12.0 Å². The van der Waals surface area contributed by atoms with Gasteiger partial charge in [-0.05, 0) is 38.0 Å². The number of hydrogen-bond donors (Lipinski definition) is 2. The first-order chi connectivity index (χ1) is 9.09. The normalized spacial score (nSPS) is 29.1. The van der Waals surface area contributed by atoms with Crippen molar-refractivity contribution in [3.8, 4) is 0 Å². The summed E-state index contributed by atoms with van der Waals surface area (Å²) >= 11 is 0. The molecule has 0 aliphatic heterocycles. The predicted octanol–water partition coefficient (Wildman–Crippen LogP) is 2.56. The molecular formula is C15H28N2O3. The smallest absolute Gasteiger partial charge is 0.317 e. The van der Waals surface area contributed by atoms with Gasteiger partial charge in [-0.2, -0.15) is 0 Å². The van der Waals surface area contributed by atoms with Gasteiger partial charge >= 0.3 is 12.0 Å². The van der Waals surface area contributed by atoms with Crippen LogP contribution in [-0.4, -0.2) is 41.1 Å². The third-order valence-electron chi connectivity index (χ3n) is 5.14. The summed E-state index contributed by atoms with van der Waals surface area (Å²) in [5.41, 5.74) is -0.321. The largest absolute Gasteiger partial charge is 0.481 e. The first-order valence-electron chi connectivity index (χ1n) is 7.35. The van der Waals surface area contributed by atoms with Gasteiger partial charge in [0.05, 0.1) is 5.92 Å². The molecule has 0 aromatic carbocycles. The van der Waals surface area contributed by atoms with Crippen molar-refractivity contribution in [2.75, 3.05) is 7.05 Å². The fraction of sp³-hybridized carbons (Fsp3) is 0.867. The molecule has 1 saturated carbocycles. The number of hydrogen-bond acceptors (Lipinski definition) is 2. The molecule has 20 heavy (non-hydrogen) atoms. The van der Waals surface area contributed by atoms with Gasteiger partial charge in [0.15, 0.2) is 0 Å². The van der Waals surface area contributed by atoms with Crippen LogP contribution >= 0.6 is 0 Å². The molecular weight excluding hydrogens is 256 g/mol. The molecule has 0 saturated heterocycles. The number of aliphatic carboxylic acids is 1. The van der Waals surface area contributed by atoms with Gasteiger partial charge in [0.1, 0.15) is 0 Å². The Morgan fingerprint density at radius 2 is 1.85 bits per heavy atom. The van der Waals surface area contributed by atoms with E-state index in [1.807, 2.05) is 34.6 Å². The van der Waals surface area contributed by atoms with Gasteiger partial charge in [-0.25, -0.2) is 4.79 Å². The molecule has 116 valence electrons. The van der Waals surface area contributed by atoms with Crippen molar-refractivity contribution in [2.45, 2.75) is 59.5 Å². The fourth-order valence-corrected chi connectivity index (χ4v) is 2.94. The van der Waals surface area contributed by atoms with Crippen molar-refractivity contribution in [3.05, 3.63) is 0 Å². The molecule has 3 atom stereocenters. The number of urea groups is 1. The highest BCUT2D eigenvalue weighted by molar-refractivity contribution is 5.75. The molecule has 0 bridgehead atoms. The van der Waals surface area contributed by atoms with Crippen LogP contribution < -0.4 is 5.32 Å². The molecule has 1 aliphatic carbocycles. The third kappa shape index (κ3) is 3.25. The van der Waals surface area contributed by atoms with Gasteiger partial charge < -0.3 is 15.3 Å². The number of carbonyl (C=O) groups is 2. The van der Waals surface area contributed by atoms with Crippen LogP contribution in [0.25, 0.3) is 0 Å². The van der Waals surface area contributed by atoms with E-state index in [1.165, 1.54) is 0 Å². The quantitative estimate of drug-likeness (QED) is 0.837. The molecule has 2 N–H and O–H groups in total. The molecule has 3 unspecified atom stereocenters. The maximum Gasteiger partial charge on any atom is 0.317 e. The number of rotatable bonds is 3. The SMILES string of the molecule is CC(C)N(C)C(=O)NC1CCC(C(=O)O)C(C)(C)C1C. The van der Waals surface area contributed by atoms with E-state index in [-0.39, 0.29) is 35.4 Å². The Hall–Kier alpha value is -1.26. The van der Waals surface area contributed by atoms with E-state index in [2.05, 4.69) is 5.32 Å². The lowest BCUT2D eigenvalue weighted by atomic mass is 9.61. The van der Waals surface area contributed by atoms with Crippen molar-refractivity contribution in [3.63, 3.8) is 0 Å². The van der Waals surface area contributed by atoms with E-state index in [9.17, 15) is 14.7 Å². The lowest BCUT2D eigenvalue weighted by Gasteiger charge is -2.46. The molecule has 0 radical (unpaired) electrons. The van der Waals surface area contributed by atoms with Crippen LogP contribution in [0.3, 0.4) is 0 Å². The fourth-order valence-electron chi connectivity index (χ4n) is 2.94. The number of carboxylic acids is 1. The maximum absolute atomic E-state index is 12.1. The van der Waals surface area contributed by atoms with E-state index < -0.39 is 5.97 Å². The monoisotopic (exact) mass is 284 g/mol. The standard InChI is InChI=1S/C15H28N2O3/c1-9(2)17(6)14(20)16-12-8-7-11(13(18)19)15(4,5)10(12)3/h9-12H,7-8H2,1-6H3,(H,16,20)(H,18,19). The molecule has 5 heteroatoms. The van der Waals surface area contributed by atoms with E-state index in [4.69, 9.17) is 0 Å². The van der Waals surface area contributed by atoms with Gasteiger partial charge in [-0.1, -0.05) is 20.8 Å². The second-order valence-electron chi connectivity index (χ2n) is 6.84. The summed E-state index contributed by atoms with van der Waals surface area (Å²) in [4.78, 5) is 25.1. The second-order valence-corrected chi connectivity index (χ2v) is 6.84. The lowest BCUT2D eigenvalue weighted by molar-refractivity contribution is -0.150. The third-order valence-corrected chi connectivity index (χ3v) is 5.14. The summed E-state index contributed by atoms with van der Waals surface area (Å²) in [6, 6.07) is 0.101. The number of amides is 2. The minimum absolute atomic E-state index is 0.0364. The van der Waals surface area contributed by atoms with Gasteiger partial charge in [-0.3, -0.25) is 4.79 Å². The Morgan fingerprint density at radius 1 is 1.30 bits per heavy atom. The number of nitrogens with one attached hydrogen (secondary N) is 1. The van der Waals surface area contributed by atoms with Gasteiger partial charge in [0.25, 0.3) is 0 Å². The van der Waals surface area contributed by atoms with Crippen LogP contribution in [0.5, 0.6) is 0 Å². The highest BCUT2D eigenvalue weighted by Crippen LogP contribution is 2.45. The van der Waals surface area contributed by atoms with Crippen molar-refractivity contribution < 1.29 is 14.7 Å². The zero-order valence-electron chi connectivity index (χ0n) is 13.4.